The van der Waals surface area contributed by atoms with E-state index in [1.54, 1.807) is 79.9 Å². The Morgan fingerprint density at radius 1 is 0.897 bits per heavy atom. The summed E-state index contributed by atoms with van der Waals surface area (Å²) in [7, 11) is 1.54. The van der Waals surface area contributed by atoms with Crippen LogP contribution in [0, 0.1) is 11.3 Å². The minimum atomic E-state index is -0.963. The van der Waals surface area contributed by atoms with Gasteiger partial charge in [0.15, 0.2) is 6.10 Å². The molecular formula is C24H19NO4. The van der Waals surface area contributed by atoms with E-state index in [-0.39, 0.29) is 5.78 Å². The number of hydrogen-bond donors (Lipinski definition) is 0. The second kappa shape index (κ2) is 8.85. The maximum absolute atomic E-state index is 12.8. The summed E-state index contributed by atoms with van der Waals surface area (Å²) in [5, 5.41) is 9.37. The lowest BCUT2D eigenvalue weighted by molar-refractivity contribution is 0.0319. The molecule has 3 rings (SSSR count). The molecule has 0 aliphatic carbocycles. The summed E-state index contributed by atoms with van der Waals surface area (Å²) < 4.78 is 10.5. The van der Waals surface area contributed by atoms with E-state index in [1.165, 1.54) is 6.92 Å². The van der Waals surface area contributed by atoms with Crippen molar-refractivity contribution in [2.75, 3.05) is 7.11 Å². The molecule has 29 heavy (non-hydrogen) atoms. The van der Waals surface area contributed by atoms with E-state index in [0.29, 0.717) is 33.6 Å². The average molecular weight is 385 g/mol. The van der Waals surface area contributed by atoms with E-state index >= 15 is 0 Å². The number of benzene rings is 3. The van der Waals surface area contributed by atoms with Crippen LogP contribution in [0.1, 0.15) is 33.2 Å². The summed E-state index contributed by atoms with van der Waals surface area (Å²) >= 11 is 0. The van der Waals surface area contributed by atoms with Crippen LogP contribution in [-0.2, 0) is 4.74 Å². The van der Waals surface area contributed by atoms with Gasteiger partial charge in [0.1, 0.15) is 5.75 Å². The molecule has 0 bridgehead atoms. The highest BCUT2D eigenvalue weighted by Crippen LogP contribution is 2.27. The van der Waals surface area contributed by atoms with Crippen molar-refractivity contribution in [3.63, 3.8) is 0 Å². The summed E-state index contributed by atoms with van der Waals surface area (Å²) in [6, 6.07) is 22.6. The molecule has 0 aliphatic rings. The van der Waals surface area contributed by atoms with Crippen LogP contribution in [0.5, 0.6) is 5.75 Å². The highest BCUT2D eigenvalue weighted by Gasteiger charge is 2.23. The minimum absolute atomic E-state index is 0.296. The molecule has 5 nitrogen and oxygen atoms in total. The number of nitrogens with zero attached hydrogens (tertiary/aromatic N) is 1. The Morgan fingerprint density at radius 2 is 1.52 bits per heavy atom. The Labute approximate surface area is 169 Å². The lowest BCUT2D eigenvalue weighted by Gasteiger charge is -2.15. The molecule has 0 radical (unpaired) electrons. The van der Waals surface area contributed by atoms with E-state index < -0.39 is 12.1 Å². The first-order chi connectivity index (χ1) is 14.0. The zero-order valence-electron chi connectivity index (χ0n) is 16.1. The number of ketones is 1. The van der Waals surface area contributed by atoms with Gasteiger partial charge in [-0.2, -0.15) is 5.26 Å². The van der Waals surface area contributed by atoms with Crippen molar-refractivity contribution < 1.29 is 19.1 Å². The van der Waals surface area contributed by atoms with Gasteiger partial charge in [-0.1, -0.05) is 36.4 Å². The average Bonchev–Trinajstić information content (AvgIpc) is 2.78. The summed E-state index contributed by atoms with van der Waals surface area (Å²) in [5.74, 6) is -0.296. The first-order valence-electron chi connectivity index (χ1n) is 9.03. The first kappa shape index (κ1) is 19.8. The predicted octanol–water partition coefficient (Wildman–Crippen LogP) is 4.66. The molecule has 3 aromatic rings. The number of nitriles is 1. The number of rotatable bonds is 6. The summed E-state index contributed by atoms with van der Waals surface area (Å²) in [6.07, 6.45) is -0.963. The van der Waals surface area contributed by atoms with Crippen LogP contribution in [0.2, 0.25) is 0 Å². The van der Waals surface area contributed by atoms with Crippen molar-refractivity contribution in [1.29, 1.82) is 5.26 Å². The topological polar surface area (TPSA) is 76.4 Å². The zero-order valence-corrected chi connectivity index (χ0v) is 16.1. The van der Waals surface area contributed by atoms with Crippen LogP contribution in [0.4, 0.5) is 0 Å². The van der Waals surface area contributed by atoms with Crippen molar-refractivity contribution in [3.8, 4) is 22.9 Å². The SMILES string of the molecule is COc1ccc(C(=O)[C@H](C)OC(=O)c2ccccc2-c2ccccc2C#N)cc1. The van der Waals surface area contributed by atoms with Crippen molar-refractivity contribution in [3.05, 3.63) is 89.5 Å². The minimum Gasteiger partial charge on any atom is -0.497 e. The fraction of sp³-hybridized carbons (Fsp3) is 0.125. The number of hydrogen-bond acceptors (Lipinski definition) is 5. The van der Waals surface area contributed by atoms with Crippen molar-refractivity contribution >= 4 is 11.8 Å². The maximum atomic E-state index is 12.8. The number of ether oxygens (including phenoxy) is 2. The van der Waals surface area contributed by atoms with Gasteiger partial charge in [0, 0.05) is 11.1 Å². The molecule has 0 heterocycles. The van der Waals surface area contributed by atoms with Gasteiger partial charge < -0.3 is 9.47 Å². The summed E-state index contributed by atoms with van der Waals surface area (Å²) in [5.41, 5.74) is 2.39. The molecule has 0 aromatic heterocycles. The Balaban J connectivity index is 1.84. The number of esters is 1. The Bertz CT molecular complexity index is 1080. The molecular weight excluding hydrogens is 366 g/mol. The molecule has 0 amide bonds. The molecule has 0 saturated carbocycles. The van der Waals surface area contributed by atoms with E-state index in [9.17, 15) is 14.9 Å². The third-order valence-corrected chi connectivity index (χ3v) is 4.51. The van der Waals surface area contributed by atoms with Crippen LogP contribution in [0.15, 0.2) is 72.8 Å². The molecule has 5 heteroatoms. The van der Waals surface area contributed by atoms with Gasteiger partial charge in [0.2, 0.25) is 5.78 Å². The number of Topliss-reactive ketones (excluding diaryl/α,β-unsaturated/α-hetero) is 1. The van der Waals surface area contributed by atoms with Gasteiger partial charge in [0.05, 0.1) is 24.3 Å². The number of carbonyl (C=O) groups excluding carboxylic acids is 2. The normalized spacial score (nSPS) is 11.2. The van der Waals surface area contributed by atoms with Crippen molar-refractivity contribution in [1.82, 2.24) is 0 Å². The van der Waals surface area contributed by atoms with Gasteiger partial charge in [0.25, 0.3) is 0 Å². The summed E-state index contributed by atoms with van der Waals surface area (Å²) in [4.78, 5) is 25.4. The van der Waals surface area contributed by atoms with Crippen LogP contribution < -0.4 is 4.74 Å². The quantitative estimate of drug-likeness (QED) is 0.455. The molecule has 0 unspecified atom stereocenters. The monoisotopic (exact) mass is 385 g/mol. The Morgan fingerprint density at radius 3 is 2.17 bits per heavy atom. The standard InChI is InChI=1S/C24H19NO4/c1-16(23(26)17-11-13-19(28-2)14-12-17)29-24(27)22-10-6-5-9-21(22)20-8-4-3-7-18(20)15-25/h3-14,16H,1-2H3/t16-/m0/s1. The zero-order chi connectivity index (χ0) is 20.8. The lowest BCUT2D eigenvalue weighted by atomic mass is 9.96. The van der Waals surface area contributed by atoms with E-state index in [4.69, 9.17) is 9.47 Å². The fourth-order valence-electron chi connectivity index (χ4n) is 2.98. The molecule has 3 aromatic carbocycles. The molecule has 0 N–H and O–H groups in total. The third kappa shape index (κ3) is 4.33. The Hall–Kier alpha value is -3.91. The van der Waals surface area contributed by atoms with Crippen molar-refractivity contribution in [2.24, 2.45) is 0 Å². The van der Waals surface area contributed by atoms with Gasteiger partial charge >= 0.3 is 5.97 Å². The van der Waals surface area contributed by atoms with Crippen LogP contribution in [0.3, 0.4) is 0 Å². The molecule has 0 spiro atoms. The van der Waals surface area contributed by atoms with Crippen LogP contribution in [0.25, 0.3) is 11.1 Å². The van der Waals surface area contributed by atoms with Gasteiger partial charge in [-0.3, -0.25) is 4.79 Å². The second-order valence-corrected chi connectivity index (χ2v) is 6.34. The smallest absolute Gasteiger partial charge is 0.339 e. The maximum Gasteiger partial charge on any atom is 0.339 e. The first-order valence-corrected chi connectivity index (χ1v) is 9.03. The van der Waals surface area contributed by atoms with E-state index in [1.807, 2.05) is 0 Å². The molecule has 144 valence electrons. The molecule has 0 fully saturated rings. The largest absolute Gasteiger partial charge is 0.497 e. The molecule has 1 atom stereocenters. The lowest BCUT2D eigenvalue weighted by Crippen LogP contribution is -2.24. The van der Waals surface area contributed by atoms with Gasteiger partial charge in [-0.25, -0.2) is 4.79 Å². The predicted molar refractivity (Wildman–Crippen MR) is 109 cm³/mol. The van der Waals surface area contributed by atoms with E-state index in [0.717, 1.165) is 0 Å². The summed E-state index contributed by atoms with van der Waals surface area (Å²) in [6.45, 7) is 1.54. The Kier molecular flexibility index (Phi) is 6.06. The third-order valence-electron chi connectivity index (χ3n) is 4.51. The molecule has 0 saturated heterocycles. The van der Waals surface area contributed by atoms with Gasteiger partial charge in [-0.15, -0.1) is 0 Å². The molecule has 0 aliphatic heterocycles. The van der Waals surface area contributed by atoms with Crippen molar-refractivity contribution in [2.45, 2.75) is 13.0 Å². The number of methoxy groups -OCH3 is 1. The van der Waals surface area contributed by atoms with Crippen LogP contribution >= 0.6 is 0 Å². The highest BCUT2D eigenvalue weighted by molar-refractivity contribution is 6.03. The van der Waals surface area contributed by atoms with E-state index in [2.05, 4.69) is 6.07 Å². The van der Waals surface area contributed by atoms with Crippen LogP contribution in [-0.4, -0.2) is 25.0 Å². The van der Waals surface area contributed by atoms with Gasteiger partial charge in [-0.05, 0) is 48.9 Å². The second-order valence-electron chi connectivity index (χ2n) is 6.34. The number of carbonyl (C=O) groups is 2. The highest BCUT2D eigenvalue weighted by atomic mass is 16.5. The fourth-order valence-corrected chi connectivity index (χ4v) is 2.98.